The zero-order valence-electron chi connectivity index (χ0n) is 14.3. The van der Waals surface area contributed by atoms with Crippen LogP contribution in [0.25, 0.3) is 11.1 Å². The fourth-order valence-electron chi connectivity index (χ4n) is 4.12. The van der Waals surface area contributed by atoms with Crippen LogP contribution >= 0.6 is 0 Å². The molecule has 2 aromatic heterocycles. The van der Waals surface area contributed by atoms with E-state index in [0.717, 1.165) is 36.3 Å². The average molecular weight is 334 g/mol. The van der Waals surface area contributed by atoms with Crippen molar-refractivity contribution in [3.63, 3.8) is 0 Å². The molecule has 1 amide bonds. The van der Waals surface area contributed by atoms with Gasteiger partial charge in [0.2, 0.25) is 0 Å². The summed E-state index contributed by atoms with van der Waals surface area (Å²) < 4.78 is 7.76. The zero-order valence-corrected chi connectivity index (χ0v) is 14.3. The zero-order chi connectivity index (χ0) is 16.8. The van der Waals surface area contributed by atoms with Crippen LogP contribution in [0.1, 0.15) is 40.9 Å². The Labute approximate surface area is 147 Å². The summed E-state index contributed by atoms with van der Waals surface area (Å²) in [6.45, 7) is 2.41. The Morgan fingerprint density at radius 1 is 1.16 bits per heavy atom. The first-order valence-electron chi connectivity index (χ1n) is 9.22. The number of nitrogens with zero attached hydrogens (tertiary/aromatic N) is 2. The van der Waals surface area contributed by atoms with Gasteiger partial charge < -0.3 is 13.9 Å². The number of furan rings is 1. The Kier molecular flexibility index (Phi) is 3.44. The van der Waals surface area contributed by atoms with Crippen LogP contribution in [-0.4, -0.2) is 21.9 Å². The summed E-state index contributed by atoms with van der Waals surface area (Å²) in [5, 5.41) is 0. The summed E-state index contributed by atoms with van der Waals surface area (Å²) in [6.07, 6.45) is 6.49. The van der Waals surface area contributed by atoms with E-state index < -0.39 is 0 Å². The van der Waals surface area contributed by atoms with E-state index in [4.69, 9.17) is 4.42 Å². The number of hydrogen-bond donors (Lipinski definition) is 0. The van der Waals surface area contributed by atoms with Gasteiger partial charge in [0.15, 0.2) is 5.58 Å². The predicted molar refractivity (Wildman–Crippen MR) is 96.4 cm³/mol. The lowest BCUT2D eigenvalue weighted by molar-refractivity contribution is 0.0721. The highest BCUT2D eigenvalue weighted by atomic mass is 16.3. The van der Waals surface area contributed by atoms with E-state index in [0.29, 0.717) is 12.5 Å². The van der Waals surface area contributed by atoms with E-state index >= 15 is 0 Å². The molecule has 3 heterocycles. The third-order valence-corrected chi connectivity index (χ3v) is 5.83. The Balaban J connectivity index is 1.47. The summed E-state index contributed by atoms with van der Waals surface area (Å²) in [5.41, 5.74) is 5.28. The highest BCUT2D eigenvalue weighted by Gasteiger charge is 2.27. The average Bonchev–Trinajstić information content (AvgIpc) is 3.18. The van der Waals surface area contributed by atoms with Gasteiger partial charge in [-0.15, -0.1) is 0 Å². The van der Waals surface area contributed by atoms with Crippen LogP contribution in [0.2, 0.25) is 0 Å². The quantitative estimate of drug-likeness (QED) is 0.719. The number of hydrogen-bond acceptors (Lipinski definition) is 2. The van der Waals surface area contributed by atoms with Crippen molar-refractivity contribution in [1.82, 2.24) is 9.47 Å². The molecular formula is C21H22N2O2. The second-order valence-corrected chi connectivity index (χ2v) is 7.35. The molecule has 5 rings (SSSR count). The molecule has 0 spiro atoms. The Morgan fingerprint density at radius 2 is 2.00 bits per heavy atom. The van der Waals surface area contributed by atoms with Gasteiger partial charge >= 0.3 is 0 Å². The largest absolute Gasteiger partial charge is 0.463 e. The number of carbonyl (C=O) groups excluding carboxylic acids is 1. The van der Waals surface area contributed by atoms with Crippen molar-refractivity contribution in [1.29, 1.82) is 0 Å². The SMILES string of the molecule is O=C(c1cc2occc2n1CC1CCC1)N1CCc2ccccc2C1. The molecule has 1 fully saturated rings. The molecule has 128 valence electrons. The first kappa shape index (κ1) is 14.8. The van der Waals surface area contributed by atoms with Crippen LogP contribution in [0.15, 0.2) is 47.1 Å². The second-order valence-electron chi connectivity index (χ2n) is 7.35. The summed E-state index contributed by atoms with van der Waals surface area (Å²) in [4.78, 5) is 15.2. The highest BCUT2D eigenvalue weighted by molar-refractivity contribution is 5.97. The highest BCUT2D eigenvalue weighted by Crippen LogP contribution is 2.32. The predicted octanol–water partition coefficient (Wildman–Crippen LogP) is 4.23. The monoisotopic (exact) mass is 334 g/mol. The van der Waals surface area contributed by atoms with Crippen LogP contribution in [0.3, 0.4) is 0 Å². The topological polar surface area (TPSA) is 38.4 Å². The van der Waals surface area contributed by atoms with Crippen LogP contribution in [0.4, 0.5) is 0 Å². The summed E-state index contributed by atoms with van der Waals surface area (Å²) in [6, 6.07) is 12.3. The van der Waals surface area contributed by atoms with Crippen LogP contribution < -0.4 is 0 Å². The van der Waals surface area contributed by atoms with Gasteiger partial charge in [0.25, 0.3) is 5.91 Å². The molecule has 1 aliphatic carbocycles. The number of carbonyl (C=O) groups is 1. The van der Waals surface area contributed by atoms with Gasteiger partial charge in [0.05, 0.1) is 11.8 Å². The molecule has 0 N–H and O–H groups in total. The smallest absolute Gasteiger partial charge is 0.270 e. The molecule has 0 bridgehead atoms. The van der Waals surface area contributed by atoms with Gasteiger partial charge in [0.1, 0.15) is 5.69 Å². The minimum absolute atomic E-state index is 0.125. The number of aromatic nitrogens is 1. The number of rotatable bonds is 3. The van der Waals surface area contributed by atoms with Crippen LogP contribution in [0.5, 0.6) is 0 Å². The molecule has 1 aromatic carbocycles. The van der Waals surface area contributed by atoms with E-state index in [2.05, 4.69) is 28.8 Å². The molecule has 0 radical (unpaired) electrons. The second kappa shape index (κ2) is 5.80. The molecule has 1 saturated carbocycles. The molecule has 0 saturated heterocycles. The molecule has 0 atom stereocenters. The molecule has 2 aliphatic rings. The maximum Gasteiger partial charge on any atom is 0.270 e. The maximum absolute atomic E-state index is 13.2. The lowest BCUT2D eigenvalue weighted by atomic mass is 9.85. The van der Waals surface area contributed by atoms with E-state index in [1.54, 1.807) is 6.26 Å². The van der Waals surface area contributed by atoms with Crippen molar-refractivity contribution in [2.75, 3.05) is 6.54 Å². The summed E-state index contributed by atoms with van der Waals surface area (Å²) in [7, 11) is 0. The summed E-state index contributed by atoms with van der Waals surface area (Å²) >= 11 is 0. The number of fused-ring (bicyclic) bond motifs is 2. The van der Waals surface area contributed by atoms with Crippen molar-refractivity contribution in [3.8, 4) is 0 Å². The molecule has 4 heteroatoms. The molecule has 25 heavy (non-hydrogen) atoms. The first-order valence-corrected chi connectivity index (χ1v) is 9.22. The van der Waals surface area contributed by atoms with Gasteiger partial charge in [-0.3, -0.25) is 4.79 Å². The maximum atomic E-state index is 13.2. The van der Waals surface area contributed by atoms with E-state index in [1.165, 1.54) is 30.4 Å². The Hall–Kier alpha value is -2.49. The van der Waals surface area contributed by atoms with Crippen molar-refractivity contribution in [3.05, 3.63) is 59.5 Å². The van der Waals surface area contributed by atoms with E-state index in [-0.39, 0.29) is 5.91 Å². The standard InChI is InChI=1S/C21H22N2O2/c24-21(22-10-8-16-6-1-2-7-17(16)14-22)19-12-20-18(9-11-25-20)23(19)13-15-4-3-5-15/h1-2,6-7,9,11-12,15H,3-5,8,10,13-14H2. The van der Waals surface area contributed by atoms with Gasteiger partial charge in [0, 0.05) is 31.8 Å². The third-order valence-electron chi connectivity index (χ3n) is 5.83. The minimum Gasteiger partial charge on any atom is -0.463 e. The molecule has 0 unspecified atom stereocenters. The molecule has 1 aliphatic heterocycles. The first-order chi connectivity index (χ1) is 12.3. The third kappa shape index (κ3) is 2.48. The fraction of sp³-hybridized carbons (Fsp3) is 0.381. The van der Waals surface area contributed by atoms with Gasteiger partial charge in [-0.2, -0.15) is 0 Å². The lowest BCUT2D eigenvalue weighted by Crippen LogP contribution is -2.37. The molecular weight excluding hydrogens is 312 g/mol. The molecule has 3 aromatic rings. The summed E-state index contributed by atoms with van der Waals surface area (Å²) in [5.74, 6) is 0.819. The Morgan fingerprint density at radius 3 is 2.80 bits per heavy atom. The van der Waals surface area contributed by atoms with Gasteiger partial charge in [-0.25, -0.2) is 0 Å². The lowest BCUT2D eigenvalue weighted by Gasteiger charge is -2.30. The number of benzene rings is 1. The van der Waals surface area contributed by atoms with Crippen molar-refractivity contribution >= 4 is 17.0 Å². The molecule has 4 nitrogen and oxygen atoms in total. The van der Waals surface area contributed by atoms with Crippen LogP contribution in [-0.2, 0) is 19.5 Å². The van der Waals surface area contributed by atoms with Gasteiger partial charge in [-0.1, -0.05) is 30.7 Å². The van der Waals surface area contributed by atoms with Crippen LogP contribution in [0, 0.1) is 5.92 Å². The van der Waals surface area contributed by atoms with E-state index in [1.807, 2.05) is 17.0 Å². The minimum atomic E-state index is 0.125. The van der Waals surface area contributed by atoms with Crippen molar-refractivity contribution in [2.45, 2.75) is 38.8 Å². The van der Waals surface area contributed by atoms with Crippen molar-refractivity contribution < 1.29 is 9.21 Å². The van der Waals surface area contributed by atoms with Gasteiger partial charge in [-0.05, 0) is 36.3 Å². The Bertz CT molecular complexity index is 932. The fourth-order valence-corrected chi connectivity index (χ4v) is 4.12. The normalized spacial score (nSPS) is 17.5. The van der Waals surface area contributed by atoms with Crippen molar-refractivity contribution in [2.24, 2.45) is 5.92 Å². The van der Waals surface area contributed by atoms with E-state index in [9.17, 15) is 4.79 Å². The number of amides is 1.